The zero-order valence-corrected chi connectivity index (χ0v) is 15.4. The number of hydrogen-bond donors (Lipinski definition) is 2. The normalized spacial score (nSPS) is 16.2. The van der Waals surface area contributed by atoms with Gasteiger partial charge in [-0.2, -0.15) is 0 Å². The van der Waals surface area contributed by atoms with Crippen molar-refractivity contribution in [2.24, 2.45) is 0 Å². The van der Waals surface area contributed by atoms with Crippen LogP contribution in [-0.4, -0.2) is 15.5 Å². The molecule has 2 aromatic carbocycles. The molecule has 26 heavy (non-hydrogen) atoms. The molecule has 3 aromatic rings. The van der Waals surface area contributed by atoms with Gasteiger partial charge in [-0.25, -0.2) is 4.98 Å². The molecule has 1 aliphatic rings. The first-order valence-electron chi connectivity index (χ1n) is 9.12. The smallest absolute Gasteiger partial charge is 0.226 e. The summed E-state index contributed by atoms with van der Waals surface area (Å²) < 4.78 is 2.21. The molecular weight excluding hydrogens is 324 g/mol. The fourth-order valence-electron chi connectivity index (χ4n) is 3.91. The van der Waals surface area contributed by atoms with Gasteiger partial charge in [-0.05, 0) is 50.1 Å². The van der Waals surface area contributed by atoms with Crippen LogP contribution in [0.2, 0.25) is 0 Å². The number of rotatable bonds is 4. The molecule has 0 spiro atoms. The molecule has 5 heteroatoms. The van der Waals surface area contributed by atoms with Gasteiger partial charge in [-0.1, -0.05) is 24.3 Å². The third-order valence-corrected chi connectivity index (χ3v) is 5.02. The first-order chi connectivity index (χ1) is 12.5. The summed E-state index contributed by atoms with van der Waals surface area (Å²) >= 11 is 0. The van der Waals surface area contributed by atoms with Gasteiger partial charge in [0.05, 0.1) is 11.0 Å². The second kappa shape index (κ2) is 6.57. The van der Waals surface area contributed by atoms with Crippen molar-refractivity contribution >= 4 is 22.6 Å². The third-order valence-electron chi connectivity index (χ3n) is 5.02. The van der Waals surface area contributed by atoms with Gasteiger partial charge < -0.3 is 15.2 Å². The Kier molecular flexibility index (Phi) is 4.24. The van der Waals surface area contributed by atoms with Crippen LogP contribution in [0.3, 0.4) is 0 Å². The Hall–Kier alpha value is -2.66. The summed E-state index contributed by atoms with van der Waals surface area (Å²) in [6.45, 7) is 7.14. The van der Waals surface area contributed by atoms with Crippen molar-refractivity contribution in [1.82, 2.24) is 14.9 Å². The van der Waals surface area contributed by atoms with E-state index in [1.807, 2.05) is 37.3 Å². The number of anilines is 1. The molecule has 0 saturated heterocycles. The number of amides is 1. The summed E-state index contributed by atoms with van der Waals surface area (Å²) in [5.74, 6) is 1.00. The highest BCUT2D eigenvalue weighted by Gasteiger charge is 2.23. The predicted molar refractivity (Wildman–Crippen MR) is 104 cm³/mol. The van der Waals surface area contributed by atoms with E-state index >= 15 is 0 Å². The fourth-order valence-corrected chi connectivity index (χ4v) is 3.91. The minimum absolute atomic E-state index is 0.0126. The number of nitrogens with zero attached hydrogens (tertiary/aromatic N) is 2. The SMILES string of the molecule is Cc1nc2cc(NC(=O)CC3NCc4ccccc43)ccc2n1C(C)C. The molecule has 5 nitrogen and oxygen atoms in total. The lowest BCUT2D eigenvalue weighted by molar-refractivity contribution is -0.116. The van der Waals surface area contributed by atoms with Crippen LogP contribution >= 0.6 is 0 Å². The summed E-state index contributed by atoms with van der Waals surface area (Å²) in [5, 5.41) is 6.44. The average Bonchev–Trinajstić information content (AvgIpc) is 3.14. The highest BCUT2D eigenvalue weighted by Crippen LogP contribution is 2.28. The molecule has 1 amide bonds. The van der Waals surface area contributed by atoms with Crippen molar-refractivity contribution in [1.29, 1.82) is 0 Å². The van der Waals surface area contributed by atoms with E-state index in [1.165, 1.54) is 11.1 Å². The van der Waals surface area contributed by atoms with Crippen LogP contribution in [0.4, 0.5) is 5.69 Å². The number of nitrogens with one attached hydrogen (secondary N) is 2. The second-order valence-corrected chi connectivity index (χ2v) is 7.21. The molecule has 2 heterocycles. The lowest BCUT2D eigenvalue weighted by atomic mass is 10.0. The van der Waals surface area contributed by atoms with Crippen molar-refractivity contribution in [3.8, 4) is 0 Å². The highest BCUT2D eigenvalue weighted by molar-refractivity contribution is 5.93. The number of aryl methyl sites for hydroxylation is 1. The Balaban J connectivity index is 1.50. The molecule has 4 rings (SSSR count). The molecule has 0 bridgehead atoms. The molecule has 1 aliphatic heterocycles. The Morgan fingerprint density at radius 3 is 2.92 bits per heavy atom. The Morgan fingerprint density at radius 1 is 1.31 bits per heavy atom. The van der Waals surface area contributed by atoms with Crippen LogP contribution in [0.1, 0.15) is 49.3 Å². The standard InChI is InChI=1S/C21H24N4O/c1-13(2)25-14(3)23-19-10-16(8-9-20(19)25)24-21(26)11-18-17-7-5-4-6-15(17)12-22-18/h4-10,13,18,22H,11-12H2,1-3H3,(H,24,26). The first-order valence-corrected chi connectivity index (χ1v) is 9.12. The lowest BCUT2D eigenvalue weighted by Gasteiger charge is -2.13. The van der Waals surface area contributed by atoms with Gasteiger partial charge in [0.1, 0.15) is 5.82 Å². The summed E-state index contributed by atoms with van der Waals surface area (Å²) in [6, 6.07) is 14.7. The van der Waals surface area contributed by atoms with E-state index in [0.717, 1.165) is 29.1 Å². The van der Waals surface area contributed by atoms with E-state index in [4.69, 9.17) is 0 Å². The zero-order valence-electron chi connectivity index (χ0n) is 15.4. The lowest BCUT2D eigenvalue weighted by Crippen LogP contribution is -2.21. The maximum Gasteiger partial charge on any atom is 0.226 e. The van der Waals surface area contributed by atoms with Crippen LogP contribution in [0, 0.1) is 6.92 Å². The molecule has 0 radical (unpaired) electrons. The summed E-state index contributed by atoms with van der Waals surface area (Å²) in [6.07, 6.45) is 0.425. The predicted octanol–water partition coefficient (Wildman–Crippen LogP) is 4.10. The van der Waals surface area contributed by atoms with E-state index in [-0.39, 0.29) is 11.9 Å². The van der Waals surface area contributed by atoms with Crippen LogP contribution < -0.4 is 10.6 Å². The van der Waals surface area contributed by atoms with Gasteiger partial charge in [-0.3, -0.25) is 4.79 Å². The second-order valence-electron chi connectivity index (χ2n) is 7.21. The third kappa shape index (κ3) is 2.99. The topological polar surface area (TPSA) is 59.0 Å². The number of carbonyl (C=O) groups excluding carboxylic acids is 1. The molecule has 1 aromatic heterocycles. The molecule has 0 aliphatic carbocycles. The van der Waals surface area contributed by atoms with Crippen molar-refractivity contribution in [3.63, 3.8) is 0 Å². The van der Waals surface area contributed by atoms with Gasteiger partial charge in [0.25, 0.3) is 0 Å². The van der Waals surface area contributed by atoms with E-state index in [2.05, 4.69) is 46.2 Å². The van der Waals surface area contributed by atoms with Crippen LogP contribution in [0.15, 0.2) is 42.5 Å². The van der Waals surface area contributed by atoms with Crippen LogP contribution in [0.25, 0.3) is 11.0 Å². The van der Waals surface area contributed by atoms with Gasteiger partial charge in [-0.15, -0.1) is 0 Å². The number of carbonyl (C=O) groups is 1. The summed E-state index contributed by atoms with van der Waals surface area (Å²) in [5.41, 5.74) is 5.31. The molecular formula is C21H24N4O. The molecule has 1 unspecified atom stereocenters. The number of hydrogen-bond acceptors (Lipinski definition) is 3. The maximum atomic E-state index is 12.5. The minimum atomic E-state index is 0.0126. The molecule has 0 saturated carbocycles. The van der Waals surface area contributed by atoms with Crippen molar-refractivity contribution in [2.75, 3.05) is 5.32 Å². The van der Waals surface area contributed by atoms with E-state index in [1.54, 1.807) is 0 Å². The highest BCUT2D eigenvalue weighted by atomic mass is 16.1. The van der Waals surface area contributed by atoms with E-state index in [9.17, 15) is 4.79 Å². The Morgan fingerprint density at radius 2 is 2.12 bits per heavy atom. The number of aromatic nitrogens is 2. The quantitative estimate of drug-likeness (QED) is 0.746. The minimum Gasteiger partial charge on any atom is -0.326 e. The largest absolute Gasteiger partial charge is 0.326 e. The maximum absolute atomic E-state index is 12.5. The number of fused-ring (bicyclic) bond motifs is 2. The van der Waals surface area contributed by atoms with E-state index < -0.39 is 0 Å². The number of benzene rings is 2. The van der Waals surface area contributed by atoms with E-state index in [0.29, 0.717) is 12.5 Å². The van der Waals surface area contributed by atoms with Gasteiger partial charge >= 0.3 is 0 Å². The summed E-state index contributed by atoms with van der Waals surface area (Å²) in [7, 11) is 0. The van der Waals surface area contributed by atoms with Crippen molar-refractivity contribution in [2.45, 2.75) is 45.8 Å². The molecule has 1 atom stereocenters. The Bertz CT molecular complexity index is 973. The average molecular weight is 348 g/mol. The van der Waals surface area contributed by atoms with Crippen molar-refractivity contribution in [3.05, 3.63) is 59.4 Å². The zero-order chi connectivity index (χ0) is 18.3. The van der Waals surface area contributed by atoms with Gasteiger partial charge in [0, 0.05) is 30.7 Å². The van der Waals surface area contributed by atoms with Gasteiger partial charge in [0.2, 0.25) is 5.91 Å². The Labute approximate surface area is 153 Å². The van der Waals surface area contributed by atoms with Crippen molar-refractivity contribution < 1.29 is 4.79 Å². The fraction of sp³-hybridized carbons (Fsp3) is 0.333. The first kappa shape index (κ1) is 16.8. The monoisotopic (exact) mass is 348 g/mol. The van der Waals surface area contributed by atoms with Crippen LogP contribution in [0.5, 0.6) is 0 Å². The summed E-state index contributed by atoms with van der Waals surface area (Å²) in [4.78, 5) is 17.2. The molecule has 0 fully saturated rings. The molecule has 134 valence electrons. The van der Waals surface area contributed by atoms with Crippen LogP contribution in [-0.2, 0) is 11.3 Å². The molecule has 2 N–H and O–H groups in total. The van der Waals surface area contributed by atoms with Gasteiger partial charge in [0.15, 0.2) is 0 Å². The number of imidazole rings is 1.